The van der Waals surface area contributed by atoms with Gasteiger partial charge >= 0.3 is 0 Å². The lowest BCUT2D eigenvalue weighted by atomic mass is 10.2. The normalized spacial score (nSPS) is 21.9. The van der Waals surface area contributed by atoms with Gasteiger partial charge in [-0.15, -0.1) is 0 Å². The van der Waals surface area contributed by atoms with Crippen molar-refractivity contribution in [2.24, 2.45) is 0 Å². The minimum Gasteiger partial charge on any atom is -0.359 e. The Kier molecular flexibility index (Phi) is 5.12. The molecule has 0 radical (unpaired) electrons. The minimum atomic E-state index is -0.785. The molecule has 0 amide bonds. The molecule has 1 fully saturated rings. The smallest absolute Gasteiger partial charge is 0.202 e. The van der Waals surface area contributed by atoms with Crippen molar-refractivity contribution >= 4 is 16.7 Å². The third-order valence-electron chi connectivity index (χ3n) is 3.92. The molecule has 0 saturated carbocycles. The summed E-state index contributed by atoms with van der Waals surface area (Å²) in [6.07, 6.45) is 4.82. The van der Waals surface area contributed by atoms with Gasteiger partial charge in [0.05, 0.1) is 0 Å². The lowest BCUT2D eigenvalue weighted by molar-refractivity contribution is 0.241. The van der Waals surface area contributed by atoms with E-state index in [0.717, 1.165) is 16.5 Å². The Labute approximate surface area is 139 Å². The molecular weight excluding hydrogens is 315 g/mol. The van der Waals surface area contributed by atoms with Gasteiger partial charge in [-0.25, -0.2) is 19.3 Å². The molecule has 1 saturated heterocycles. The Morgan fingerprint density at radius 3 is 2.87 bits per heavy atom. The second-order valence-electron chi connectivity index (χ2n) is 6.16. The van der Waals surface area contributed by atoms with E-state index in [1.165, 1.54) is 17.9 Å². The third kappa shape index (κ3) is 4.20. The summed E-state index contributed by atoms with van der Waals surface area (Å²) in [5.41, 5.74) is 1.00. The molecule has 0 aliphatic carbocycles. The average Bonchev–Trinajstić information content (AvgIpc) is 3.13. The van der Waals surface area contributed by atoms with E-state index >= 15 is 0 Å². The largest absolute Gasteiger partial charge is 0.359 e. The number of anilines is 1. The third-order valence-corrected chi connectivity index (χ3v) is 4.61. The highest BCUT2D eigenvalue weighted by atomic mass is 32.1. The van der Waals surface area contributed by atoms with Gasteiger partial charge in [-0.1, -0.05) is 13.8 Å². The van der Waals surface area contributed by atoms with Crippen LogP contribution in [0.5, 0.6) is 0 Å². The molecule has 3 heterocycles. The van der Waals surface area contributed by atoms with Crippen molar-refractivity contribution in [3.05, 3.63) is 30.1 Å². The van der Waals surface area contributed by atoms with Crippen molar-refractivity contribution in [3.63, 3.8) is 0 Å². The molecule has 124 valence electrons. The quantitative estimate of drug-likeness (QED) is 0.874. The van der Waals surface area contributed by atoms with Crippen molar-refractivity contribution in [2.75, 3.05) is 18.4 Å². The van der Waals surface area contributed by atoms with Crippen LogP contribution in [0.2, 0.25) is 0 Å². The summed E-state index contributed by atoms with van der Waals surface area (Å²) in [4.78, 5) is 14.6. The number of likely N-dealkylation sites (tertiary alicyclic amines) is 1. The Bertz CT molecular complexity index is 619. The number of halogens is 1. The molecule has 23 heavy (non-hydrogen) atoms. The first-order valence-corrected chi connectivity index (χ1v) is 8.58. The standard InChI is InChI=1S/C15H21FN6S/c1-10(2)14-20-15(23-21-14)19-6-13-3-12(16)8-22(13)7-11-4-17-9-18-5-11/h4-5,9-10,12-13H,3,6-8H2,1-2H3,(H,19,20,21)/t12-,13-/m0/s1. The summed E-state index contributed by atoms with van der Waals surface area (Å²) < 4.78 is 18.2. The van der Waals surface area contributed by atoms with E-state index in [1.54, 1.807) is 12.4 Å². The second-order valence-corrected chi connectivity index (χ2v) is 6.91. The monoisotopic (exact) mass is 336 g/mol. The first kappa shape index (κ1) is 16.2. The maximum Gasteiger partial charge on any atom is 0.202 e. The number of hydrogen-bond donors (Lipinski definition) is 1. The number of hydrogen-bond acceptors (Lipinski definition) is 7. The SMILES string of the molecule is CC(C)c1nsc(NC[C@@H]2C[C@H](F)CN2Cc2cncnc2)n1. The minimum absolute atomic E-state index is 0.136. The molecule has 1 aliphatic rings. The van der Waals surface area contributed by atoms with E-state index in [-0.39, 0.29) is 6.04 Å². The summed E-state index contributed by atoms with van der Waals surface area (Å²) in [6, 6.07) is 0.136. The number of nitrogens with zero attached hydrogens (tertiary/aromatic N) is 5. The molecule has 0 spiro atoms. The van der Waals surface area contributed by atoms with E-state index in [9.17, 15) is 4.39 Å². The van der Waals surface area contributed by atoms with Crippen molar-refractivity contribution < 1.29 is 4.39 Å². The second kappa shape index (κ2) is 7.27. The van der Waals surface area contributed by atoms with Crippen LogP contribution in [-0.4, -0.2) is 49.5 Å². The zero-order valence-electron chi connectivity index (χ0n) is 13.3. The van der Waals surface area contributed by atoms with Crippen molar-refractivity contribution in [3.8, 4) is 0 Å². The Morgan fingerprint density at radius 2 is 2.17 bits per heavy atom. The van der Waals surface area contributed by atoms with Gasteiger partial charge in [-0.2, -0.15) is 4.37 Å². The summed E-state index contributed by atoms with van der Waals surface area (Å²) in [5.74, 6) is 1.17. The van der Waals surface area contributed by atoms with Gasteiger partial charge in [0.25, 0.3) is 0 Å². The zero-order chi connectivity index (χ0) is 16.2. The first-order valence-electron chi connectivity index (χ1n) is 7.81. The molecule has 0 bridgehead atoms. The van der Waals surface area contributed by atoms with E-state index in [0.29, 0.717) is 32.0 Å². The van der Waals surface area contributed by atoms with Gasteiger partial charge in [0.15, 0.2) is 0 Å². The van der Waals surface area contributed by atoms with Crippen molar-refractivity contribution in [1.29, 1.82) is 0 Å². The van der Waals surface area contributed by atoms with Crippen LogP contribution < -0.4 is 5.32 Å². The van der Waals surface area contributed by atoms with Crippen LogP contribution >= 0.6 is 11.5 Å². The summed E-state index contributed by atoms with van der Waals surface area (Å²) in [6.45, 7) is 5.93. The van der Waals surface area contributed by atoms with Gasteiger partial charge in [-0.3, -0.25) is 4.90 Å². The molecule has 8 heteroatoms. The number of nitrogens with one attached hydrogen (secondary N) is 1. The van der Waals surface area contributed by atoms with E-state index in [1.807, 2.05) is 0 Å². The van der Waals surface area contributed by atoms with Crippen LogP contribution in [0.25, 0.3) is 0 Å². The zero-order valence-corrected chi connectivity index (χ0v) is 14.1. The van der Waals surface area contributed by atoms with Crippen LogP contribution in [0.15, 0.2) is 18.7 Å². The lowest BCUT2D eigenvalue weighted by Crippen LogP contribution is -2.34. The predicted molar refractivity (Wildman–Crippen MR) is 88.2 cm³/mol. The average molecular weight is 336 g/mol. The molecule has 2 aromatic heterocycles. The number of alkyl halides is 1. The van der Waals surface area contributed by atoms with Gasteiger partial charge < -0.3 is 5.32 Å². The van der Waals surface area contributed by atoms with Crippen LogP contribution in [0.4, 0.5) is 9.52 Å². The highest BCUT2D eigenvalue weighted by molar-refractivity contribution is 7.09. The van der Waals surface area contributed by atoms with Gasteiger partial charge in [0.1, 0.15) is 18.3 Å². The molecule has 2 atom stereocenters. The van der Waals surface area contributed by atoms with Gasteiger partial charge in [0.2, 0.25) is 5.13 Å². The van der Waals surface area contributed by atoms with E-state index < -0.39 is 6.17 Å². The van der Waals surface area contributed by atoms with Crippen LogP contribution in [0.3, 0.4) is 0 Å². The maximum absolute atomic E-state index is 13.8. The van der Waals surface area contributed by atoms with E-state index in [4.69, 9.17) is 0 Å². The molecule has 2 aromatic rings. The predicted octanol–water partition coefficient (Wildman–Crippen LogP) is 2.48. The topological polar surface area (TPSA) is 66.8 Å². The fourth-order valence-electron chi connectivity index (χ4n) is 2.72. The maximum atomic E-state index is 13.8. The van der Waals surface area contributed by atoms with Crippen LogP contribution in [0.1, 0.15) is 37.6 Å². The van der Waals surface area contributed by atoms with Crippen molar-refractivity contribution in [1.82, 2.24) is 24.2 Å². The highest BCUT2D eigenvalue weighted by Crippen LogP contribution is 2.24. The fourth-order valence-corrected chi connectivity index (χ4v) is 3.43. The molecule has 6 nitrogen and oxygen atoms in total. The first-order chi connectivity index (χ1) is 11.1. The lowest BCUT2D eigenvalue weighted by Gasteiger charge is -2.23. The molecule has 1 aliphatic heterocycles. The van der Waals surface area contributed by atoms with Crippen molar-refractivity contribution in [2.45, 2.75) is 44.9 Å². The summed E-state index contributed by atoms with van der Waals surface area (Å²) in [5, 5.41) is 4.11. The van der Waals surface area contributed by atoms with Crippen LogP contribution in [-0.2, 0) is 6.54 Å². The highest BCUT2D eigenvalue weighted by Gasteiger charge is 2.32. The number of aromatic nitrogens is 4. The molecule has 0 unspecified atom stereocenters. The summed E-state index contributed by atoms with van der Waals surface area (Å²) >= 11 is 1.36. The molecule has 1 N–H and O–H groups in total. The fraction of sp³-hybridized carbons (Fsp3) is 0.600. The van der Waals surface area contributed by atoms with E-state index in [2.05, 4.69) is 43.4 Å². The van der Waals surface area contributed by atoms with Gasteiger partial charge in [0, 0.05) is 61.1 Å². The van der Waals surface area contributed by atoms with Gasteiger partial charge in [-0.05, 0) is 6.42 Å². The molecule has 3 rings (SSSR count). The Hall–Kier alpha value is -1.67. The Balaban J connectivity index is 1.58. The Morgan fingerprint density at radius 1 is 1.39 bits per heavy atom. The number of rotatable bonds is 6. The summed E-state index contributed by atoms with van der Waals surface area (Å²) in [7, 11) is 0. The van der Waals surface area contributed by atoms with Crippen LogP contribution in [0, 0.1) is 0 Å². The molecule has 0 aromatic carbocycles. The molecular formula is C15H21FN6S.